The van der Waals surface area contributed by atoms with Crippen molar-refractivity contribution in [2.75, 3.05) is 46.4 Å². The number of hydrogen-bond donors (Lipinski definition) is 2. The van der Waals surface area contributed by atoms with Crippen LogP contribution < -0.4 is 11.1 Å². The first-order chi connectivity index (χ1) is 14.2. The molecule has 2 aliphatic rings. The number of ether oxygens (including phenoxy) is 1. The van der Waals surface area contributed by atoms with E-state index in [2.05, 4.69) is 51.4 Å². The number of hydrogen-bond acceptors (Lipinski definition) is 4. The standard InChI is InChI=1S/C23H39N5O.HI/c1-27(22-10-3-2-4-11-22)19-21-9-6-5-8-20(21)18-26-23(24)25-12-7-13-28-14-16-29-17-15-28;/h5-6,8-9,22H,2-4,7,10-19H2,1H3,(H3,24,25,26);1H. The molecule has 6 nitrogen and oxygen atoms in total. The number of nitrogens with zero attached hydrogens (tertiary/aromatic N) is 3. The average Bonchev–Trinajstić information content (AvgIpc) is 2.77. The Kier molecular flexibility index (Phi) is 12.0. The van der Waals surface area contributed by atoms with Gasteiger partial charge in [0.25, 0.3) is 0 Å². The predicted octanol–water partition coefficient (Wildman–Crippen LogP) is 3.20. The van der Waals surface area contributed by atoms with Gasteiger partial charge in [0.2, 0.25) is 0 Å². The molecule has 0 radical (unpaired) electrons. The fraction of sp³-hybridized carbons (Fsp3) is 0.696. The first-order valence-electron chi connectivity index (χ1n) is 11.3. The van der Waals surface area contributed by atoms with Crippen LogP contribution in [0.15, 0.2) is 29.3 Å². The second-order valence-electron chi connectivity index (χ2n) is 8.41. The minimum absolute atomic E-state index is 0. The molecule has 7 heteroatoms. The van der Waals surface area contributed by atoms with Crippen LogP contribution in [0.4, 0.5) is 0 Å². The molecule has 2 fully saturated rings. The number of nitrogens with two attached hydrogens (primary N) is 1. The van der Waals surface area contributed by atoms with Gasteiger partial charge < -0.3 is 15.8 Å². The molecule has 1 aromatic rings. The van der Waals surface area contributed by atoms with Gasteiger partial charge >= 0.3 is 0 Å². The maximum atomic E-state index is 6.10. The minimum atomic E-state index is 0. The number of benzene rings is 1. The van der Waals surface area contributed by atoms with Crippen molar-refractivity contribution < 1.29 is 4.74 Å². The Morgan fingerprint density at radius 2 is 1.87 bits per heavy atom. The van der Waals surface area contributed by atoms with E-state index in [0.717, 1.165) is 58.4 Å². The summed E-state index contributed by atoms with van der Waals surface area (Å²) in [6.07, 6.45) is 7.87. The van der Waals surface area contributed by atoms with Crippen LogP contribution in [0.5, 0.6) is 0 Å². The number of nitrogens with one attached hydrogen (secondary N) is 1. The van der Waals surface area contributed by atoms with Crippen molar-refractivity contribution in [3.8, 4) is 0 Å². The SMILES string of the molecule is CN(Cc1ccccc1CN=C(N)NCCCN1CCOCC1)C1CCCCC1.I. The third-order valence-electron chi connectivity index (χ3n) is 6.22. The molecule has 0 amide bonds. The van der Waals surface area contributed by atoms with Crippen molar-refractivity contribution in [1.29, 1.82) is 0 Å². The molecular weight excluding hydrogens is 489 g/mol. The molecule has 0 atom stereocenters. The largest absolute Gasteiger partial charge is 0.379 e. The van der Waals surface area contributed by atoms with Crippen molar-refractivity contribution in [2.45, 2.75) is 57.7 Å². The first kappa shape index (κ1) is 25.4. The molecule has 0 bridgehead atoms. The van der Waals surface area contributed by atoms with E-state index in [0.29, 0.717) is 12.5 Å². The van der Waals surface area contributed by atoms with Crippen LogP contribution in [-0.2, 0) is 17.8 Å². The fourth-order valence-corrected chi connectivity index (χ4v) is 4.36. The summed E-state index contributed by atoms with van der Waals surface area (Å²) in [6, 6.07) is 9.36. The lowest BCUT2D eigenvalue weighted by Crippen LogP contribution is -2.39. The summed E-state index contributed by atoms with van der Waals surface area (Å²) >= 11 is 0. The highest BCUT2D eigenvalue weighted by Crippen LogP contribution is 2.23. The third kappa shape index (κ3) is 8.69. The van der Waals surface area contributed by atoms with Crippen LogP contribution in [0.1, 0.15) is 49.7 Å². The van der Waals surface area contributed by atoms with Gasteiger partial charge in [-0.2, -0.15) is 0 Å². The molecule has 1 aliphatic carbocycles. The molecule has 0 aromatic heterocycles. The highest BCUT2D eigenvalue weighted by atomic mass is 127. The number of morpholine rings is 1. The monoisotopic (exact) mass is 529 g/mol. The maximum Gasteiger partial charge on any atom is 0.188 e. The van der Waals surface area contributed by atoms with E-state index in [1.54, 1.807) is 0 Å². The maximum absolute atomic E-state index is 6.10. The topological polar surface area (TPSA) is 66.1 Å². The predicted molar refractivity (Wildman–Crippen MR) is 135 cm³/mol. The molecule has 0 spiro atoms. The van der Waals surface area contributed by atoms with Crippen molar-refractivity contribution in [2.24, 2.45) is 10.7 Å². The Bertz CT molecular complexity index is 630. The van der Waals surface area contributed by atoms with Crippen LogP contribution in [0, 0.1) is 0 Å². The molecule has 30 heavy (non-hydrogen) atoms. The van der Waals surface area contributed by atoms with Gasteiger partial charge in [0, 0.05) is 32.2 Å². The quantitative estimate of drug-likeness (QED) is 0.223. The zero-order valence-corrected chi connectivity index (χ0v) is 20.9. The van der Waals surface area contributed by atoms with E-state index in [9.17, 15) is 0 Å². The second-order valence-corrected chi connectivity index (χ2v) is 8.41. The van der Waals surface area contributed by atoms with Crippen molar-refractivity contribution in [3.05, 3.63) is 35.4 Å². The Labute approximate surface area is 199 Å². The van der Waals surface area contributed by atoms with Crippen molar-refractivity contribution in [1.82, 2.24) is 15.1 Å². The normalized spacial score (nSPS) is 18.9. The van der Waals surface area contributed by atoms with Crippen molar-refractivity contribution in [3.63, 3.8) is 0 Å². The number of rotatable bonds is 9. The Hall–Kier alpha value is -0.900. The van der Waals surface area contributed by atoms with Crippen LogP contribution in [0.25, 0.3) is 0 Å². The molecule has 1 saturated heterocycles. The molecule has 3 N–H and O–H groups in total. The number of halogens is 1. The lowest BCUT2D eigenvalue weighted by atomic mass is 9.94. The summed E-state index contributed by atoms with van der Waals surface area (Å²) in [4.78, 5) is 9.56. The van der Waals surface area contributed by atoms with Crippen LogP contribution in [0.3, 0.4) is 0 Å². The Morgan fingerprint density at radius 3 is 2.60 bits per heavy atom. The van der Waals surface area contributed by atoms with Crippen LogP contribution >= 0.6 is 24.0 Å². The zero-order valence-electron chi connectivity index (χ0n) is 18.5. The molecule has 1 aliphatic heterocycles. The Morgan fingerprint density at radius 1 is 1.17 bits per heavy atom. The molecule has 1 heterocycles. The summed E-state index contributed by atoms with van der Waals surface area (Å²) in [5.74, 6) is 0.544. The van der Waals surface area contributed by atoms with E-state index < -0.39 is 0 Å². The van der Waals surface area contributed by atoms with E-state index in [-0.39, 0.29) is 24.0 Å². The fourth-order valence-electron chi connectivity index (χ4n) is 4.36. The smallest absolute Gasteiger partial charge is 0.188 e. The van der Waals surface area contributed by atoms with E-state index in [1.165, 1.54) is 43.2 Å². The third-order valence-corrected chi connectivity index (χ3v) is 6.22. The number of aliphatic imine (C=N–C) groups is 1. The lowest BCUT2D eigenvalue weighted by molar-refractivity contribution is 0.0376. The van der Waals surface area contributed by atoms with Gasteiger partial charge in [0.05, 0.1) is 19.8 Å². The summed E-state index contributed by atoms with van der Waals surface area (Å²) < 4.78 is 5.39. The summed E-state index contributed by atoms with van der Waals surface area (Å²) in [5.41, 5.74) is 8.74. The van der Waals surface area contributed by atoms with E-state index in [4.69, 9.17) is 10.5 Å². The van der Waals surface area contributed by atoms with E-state index >= 15 is 0 Å². The zero-order chi connectivity index (χ0) is 20.3. The van der Waals surface area contributed by atoms with Gasteiger partial charge in [-0.25, -0.2) is 4.99 Å². The van der Waals surface area contributed by atoms with Gasteiger partial charge in [-0.15, -0.1) is 24.0 Å². The Balaban J connectivity index is 0.00000320. The van der Waals surface area contributed by atoms with Crippen LogP contribution in [-0.4, -0.2) is 68.2 Å². The molecule has 1 aromatic carbocycles. The van der Waals surface area contributed by atoms with Gasteiger partial charge in [0.15, 0.2) is 5.96 Å². The van der Waals surface area contributed by atoms with Gasteiger partial charge in [-0.1, -0.05) is 43.5 Å². The van der Waals surface area contributed by atoms with Gasteiger partial charge in [-0.05, 0) is 44.0 Å². The molecule has 1 saturated carbocycles. The summed E-state index contributed by atoms with van der Waals surface area (Å²) in [6.45, 7) is 7.35. The van der Waals surface area contributed by atoms with Crippen LogP contribution in [0.2, 0.25) is 0 Å². The van der Waals surface area contributed by atoms with E-state index in [1.807, 2.05) is 0 Å². The highest BCUT2D eigenvalue weighted by Gasteiger charge is 2.18. The molecule has 3 rings (SSSR count). The molecule has 170 valence electrons. The van der Waals surface area contributed by atoms with Gasteiger partial charge in [0.1, 0.15) is 0 Å². The summed E-state index contributed by atoms with van der Waals surface area (Å²) in [5, 5.41) is 3.26. The van der Waals surface area contributed by atoms with Crippen molar-refractivity contribution >= 4 is 29.9 Å². The second kappa shape index (κ2) is 14.2. The highest BCUT2D eigenvalue weighted by molar-refractivity contribution is 14.0. The average molecular weight is 530 g/mol. The molecular formula is C23H40IN5O. The van der Waals surface area contributed by atoms with Gasteiger partial charge in [-0.3, -0.25) is 9.80 Å². The number of guanidine groups is 1. The summed E-state index contributed by atoms with van der Waals surface area (Å²) in [7, 11) is 2.26. The first-order valence-corrected chi connectivity index (χ1v) is 11.3. The lowest BCUT2D eigenvalue weighted by Gasteiger charge is -2.31. The minimum Gasteiger partial charge on any atom is -0.379 e. The molecule has 0 unspecified atom stereocenters.